The molecule has 31 heavy (non-hydrogen) atoms. The minimum Gasteiger partial charge on any atom is -0.475 e. The van der Waals surface area contributed by atoms with E-state index in [1.165, 1.54) is 0 Å². The van der Waals surface area contributed by atoms with Gasteiger partial charge >= 0.3 is 12.1 Å². The van der Waals surface area contributed by atoms with E-state index in [0.29, 0.717) is 18.5 Å². The first-order chi connectivity index (χ1) is 14.6. The third-order valence-electron chi connectivity index (χ3n) is 5.74. The van der Waals surface area contributed by atoms with Crippen LogP contribution in [0.4, 0.5) is 13.2 Å². The number of piperidine rings is 1. The summed E-state index contributed by atoms with van der Waals surface area (Å²) in [4.78, 5) is 42.3. The Morgan fingerprint density at radius 1 is 1.32 bits per heavy atom. The van der Waals surface area contributed by atoms with Crippen LogP contribution in [0.25, 0.3) is 0 Å². The van der Waals surface area contributed by atoms with Crippen LogP contribution >= 0.6 is 0 Å². The lowest BCUT2D eigenvalue weighted by Gasteiger charge is -2.52. The number of alkyl halides is 3. The molecule has 0 bridgehead atoms. The largest absolute Gasteiger partial charge is 0.490 e. The van der Waals surface area contributed by atoms with E-state index in [-0.39, 0.29) is 23.4 Å². The molecule has 1 spiro atoms. The minimum atomic E-state index is -5.08. The third-order valence-corrected chi connectivity index (χ3v) is 5.74. The van der Waals surface area contributed by atoms with E-state index >= 15 is 0 Å². The summed E-state index contributed by atoms with van der Waals surface area (Å²) in [6.07, 6.45) is 4.15. The Morgan fingerprint density at radius 3 is 2.45 bits per heavy atom. The SMILES string of the molecule is C=CCN1C(=O)CC[C@]12CCCN(C(=O)c1ccncc1)[C@H]2CC.O=C(O)C(F)(F)F. The standard InChI is InChI=1S/C19H25N3O2.C2HF3O2/c1-3-13-22-17(23)6-10-19(22)9-5-14-21(16(19)4-2)18(24)15-7-11-20-12-8-15;3-2(4,5)1(6)7/h3,7-8,11-12,16H,1,4-6,9-10,13-14H2,2H3;(H,6,7)/t16-,19-;/m0./s1. The Bertz CT molecular complexity index is 816. The number of aliphatic carboxylic acids is 1. The van der Waals surface area contributed by atoms with Crippen molar-refractivity contribution in [1.82, 2.24) is 14.8 Å². The van der Waals surface area contributed by atoms with Crippen molar-refractivity contribution in [3.63, 3.8) is 0 Å². The smallest absolute Gasteiger partial charge is 0.475 e. The van der Waals surface area contributed by atoms with Crippen molar-refractivity contribution >= 4 is 17.8 Å². The maximum absolute atomic E-state index is 13.0. The molecule has 2 aliphatic rings. The Labute approximate surface area is 178 Å². The monoisotopic (exact) mass is 441 g/mol. The van der Waals surface area contributed by atoms with Crippen LogP contribution in [-0.4, -0.2) is 68.5 Å². The van der Waals surface area contributed by atoms with Crippen LogP contribution in [0, 0.1) is 0 Å². The van der Waals surface area contributed by atoms with E-state index in [1.54, 1.807) is 30.6 Å². The molecule has 3 rings (SSSR count). The molecule has 2 fully saturated rings. The van der Waals surface area contributed by atoms with E-state index < -0.39 is 12.1 Å². The average molecular weight is 441 g/mol. The van der Waals surface area contributed by atoms with E-state index in [0.717, 1.165) is 32.2 Å². The van der Waals surface area contributed by atoms with Gasteiger partial charge in [0.25, 0.3) is 5.91 Å². The number of carbonyl (C=O) groups is 3. The molecule has 0 radical (unpaired) electrons. The van der Waals surface area contributed by atoms with Gasteiger partial charge < -0.3 is 14.9 Å². The number of nitrogens with zero attached hydrogens (tertiary/aromatic N) is 3. The highest BCUT2D eigenvalue weighted by molar-refractivity contribution is 5.94. The molecule has 0 saturated carbocycles. The van der Waals surface area contributed by atoms with Gasteiger partial charge in [-0.2, -0.15) is 13.2 Å². The number of pyridine rings is 1. The lowest BCUT2D eigenvalue weighted by Crippen LogP contribution is -2.64. The topological polar surface area (TPSA) is 90.8 Å². The zero-order chi connectivity index (χ0) is 23.2. The van der Waals surface area contributed by atoms with Crippen molar-refractivity contribution in [3.05, 3.63) is 42.7 Å². The summed E-state index contributed by atoms with van der Waals surface area (Å²) in [6, 6.07) is 3.58. The fourth-order valence-electron chi connectivity index (χ4n) is 4.53. The molecule has 0 aromatic carbocycles. The third kappa shape index (κ3) is 5.23. The second-order valence-electron chi connectivity index (χ2n) is 7.46. The van der Waals surface area contributed by atoms with Crippen molar-refractivity contribution in [3.8, 4) is 0 Å². The lowest BCUT2D eigenvalue weighted by atomic mass is 9.77. The van der Waals surface area contributed by atoms with Gasteiger partial charge in [-0.25, -0.2) is 4.79 Å². The van der Waals surface area contributed by atoms with Gasteiger partial charge in [0, 0.05) is 37.5 Å². The first kappa shape index (κ1) is 24.4. The zero-order valence-corrected chi connectivity index (χ0v) is 17.3. The Kier molecular flexibility index (Phi) is 7.80. The molecule has 1 N–H and O–H groups in total. The fourth-order valence-corrected chi connectivity index (χ4v) is 4.53. The molecule has 2 atom stereocenters. The summed E-state index contributed by atoms with van der Waals surface area (Å²) in [7, 11) is 0. The number of carboxylic acid groups (broad SMARTS) is 1. The Balaban J connectivity index is 0.000000423. The highest BCUT2D eigenvalue weighted by Crippen LogP contribution is 2.43. The molecule has 0 unspecified atom stereocenters. The van der Waals surface area contributed by atoms with Crippen LogP contribution in [-0.2, 0) is 9.59 Å². The molecule has 1 aromatic heterocycles. The van der Waals surface area contributed by atoms with Gasteiger partial charge in [-0.15, -0.1) is 6.58 Å². The van der Waals surface area contributed by atoms with Gasteiger partial charge in [-0.1, -0.05) is 13.0 Å². The molecule has 0 aliphatic carbocycles. The number of rotatable bonds is 4. The van der Waals surface area contributed by atoms with Gasteiger partial charge in [-0.3, -0.25) is 14.6 Å². The van der Waals surface area contributed by atoms with E-state index in [9.17, 15) is 22.8 Å². The maximum atomic E-state index is 13.0. The van der Waals surface area contributed by atoms with Crippen LogP contribution < -0.4 is 0 Å². The van der Waals surface area contributed by atoms with Crippen LogP contribution in [0.5, 0.6) is 0 Å². The number of amides is 2. The number of halogens is 3. The molecular weight excluding hydrogens is 415 g/mol. The predicted octanol–water partition coefficient (Wildman–Crippen LogP) is 3.28. The highest BCUT2D eigenvalue weighted by atomic mass is 19.4. The molecular formula is C21H26F3N3O4. The fraction of sp³-hybridized carbons (Fsp3) is 0.524. The van der Waals surface area contributed by atoms with Gasteiger partial charge in [-0.05, 0) is 37.8 Å². The summed E-state index contributed by atoms with van der Waals surface area (Å²) < 4.78 is 31.7. The number of hydrogen-bond donors (Lipinski definition) is 1. The second-order valence-corrected chi connectivity index (χ2v) is 7.46. The number of aromatic nitrogens is 1. The van der Waals surface area contributed by atoms with Gasteiger partial charge in [0.15, 0.2) is 0 Å². The molecule has 2 amide bonds. The molecule has 2 saturated heterocycles. The molecule has 1 aromatic rings. The Hall–Kier alpha value is -2.91. The van der Waals surface area contributed by atoms with Crippen molar-refractivity contribution in [2.24, 2.45) is 0 Å². The zero-order valence-electron chi connectivity index (χ0n) is 17.3. The summed E-state index contributed by atoms with van der Waals surface area (Å²) in [5.41, 5.74) is 0.432. The van der Waals surface area contributed by atoms with Crippen molar-refractivity contribution < 1.29 is 32.7 Å². The van der Waals surface area contributed by atoms with Crippen molar-refractivity contribution in [2.75, 3.05) is 13.1 Å². The summed E-state index contributed by atoms with van der Waals surface area (Å²) in [5.74, 6) is -2.53. The van der Waals surface area contributed by atoms with Crippen molar-refractivity contribution in [1.29, 1.82) is 0 Å². The number of carbonyl (C=O) groups excluding carboxylic acids is 2. The van der Waals surface area contributed by atoms with Crippen LogP contribution in [0.2, 0.25) is 0 Å². The summed E-state index contributed by atoms with van der Waals surface area (Å²) in [6.45, 7) is 7.23. The molecule has 3 heterocycles. The van der Waals surface area contributed by atoms with Gasteiger partial charge in [0.2, 0.25) is 5.91 Å². The normalized spacial score (nSPS) is 23.4. The Morgan fingerprint density at radius 2 is 1.94 bits per heavy atom. The second kappa shape index (κ2) is 9.93. The predicted molar refractivity (Wildman–Crippen MR) is 106 cm³/mol. The van der Waals surface area contributed by atoms with E-state index in [2.05, 4.69) is 18.5 Å². The van der Waals surface area contributed by atoms with E-state index in [1.807, 2.05) is 9.80 Å². The van der Waals surface area contributed by atoms with Crippen LogP contribution in [0.3, 0.4) is 0 Å². The molecule has 10 heteroatoms. The van der Waals surface area contributed by atoms with Gasteiger partial charge in [0.1, 0.15) is 0 Å². The number of hydrogen-bond acceptors (Lipinski definition) is 4. The highest BCUT2D eigenvalue weighted by Gasteiger charge is 2.53. The first-order valence-corrected chi connectivity index (χ1v) is 10.0. The maximum Gasteiger partial charge on any atom is 0.490 e. The van der Waals surface area contributed by atoms with Crippen LogP contribution in [0.15, 0.2) is 37.2 Å². The van der Waals surface area contributed by atoms with Crippen molar-refractivity contribution in [2.45, 2.75) is 56.8 Å². The van der Waals surface area contributed by atoms with Crippen LogP contribution in [0.1, 0.15) is 49.4 Å². The lowest BCUT2D eigenvalue weighted by molar-refractivity contribution is -0.192. The molecule has 2 aliphatic heterocycles. The summed E-state index contributed by atoms with van der Waals surface area (Å²) in [5, 5.41) is 7.12. The minimum absolute atomic E-state index is 0.0428. The number of likely N-dealkylation sites (tertiary alicyclic amines) is 2. The quantitative estimate of drug-likeness (QED) is 0.725. The molecule has 7 nitrogen and oxygen atoms in total. The molecule has 170 valence electrons. The first-order valence-electron chi connectivity index (χ1n) is 10.0. The van der Waals surface area contributed by atoms with E-state index in [4.69, 9.17) is 9.90 Å². The number of carboxylic acids is 1. The van der Waals surface area contributed by atoms with Gasteiger partial charge in [0.05, 0.1) is 11.6 Å². The summed E-state index contributed by atoms with van der Waals surface area (Å²) >= 11 is 0. The average Bonchev–Trinajstić information content (AvgIpc) is 3.04.